The van der Waals surface area contributed by atoms with E-state index in [-0.39, 0.29) is 12.1 Å². The van der Waals surface area contributed by atoms with Crippen LogP contribution in [0.25, 0.3) is 0 Å². The van der Waals surface area contributed by atoms with Gasteiger partial charge in [0.1, 0.15) is 6.61 Å². The summed E-state index contributed by atoms with van der Waals surface area (Å²) in [5.74, 6) is 1.50. The Morgan fingerprint density at radius 3 is 3.21 bits per heavy atom. The lowest BCUT2D eigenvalue weighted by Crippen LogP contribution is -2.47. The molecule has 5 nitrogen and oxygen atoms in total. The molecule has 0 aromatic heterocycles. The lowest BCUT2D eigenvalue weighted by molar-refractivity contribution is 0.211. The van der Waals surface area contributed by atoms with Crippen molar-refractivity contribution < 1.29 is 14.3 Å². The van der Waals surface area contributed by atoms with Crippen LogP contribution in [0, 0.1) is 0 Å². The quantitative estimate of drug-likeness (QED) is 0.808. The molecule has 2 rings (SSSR count). The van der Waals surface area contributed by atoms with Crippen LogP contribution in [0.15, 0.2) is 30.9 Å². The van der Waals surface area contributed by atoms with Crippen molar-refractivity contribution in [3.8, 4) is 11.5 Å². The lowest BCUT2D eigenvalue weighted by Gasteiger charge is -2.27. The smallest absolute Gasteiger partial charge is 0.315 e. The van der Waals surface area contributed by atoms with Gasteiger partial charge >= 0.3 is 6.03 Å². The van der Waals surface area contributed by atoms with Crippen molar-refractivity contribution in [3.05, 3.63) is 36.4 Å². The molecule has 0 radical (unpaired) electrons. The molecule has 1 aromatic rings. The Kier molecular flexibility index (Phi) is 4.28. The van der Waals surface area contributed by atoms with Gasteiger partial charge < -0.3 is 20.1 Å². The first-order valence-corrected chi connectivity index (χ1v) is 6.18. The first-order chi connectivity index (χ1) is 9.24. The molecule has 2 N–H and O–H groups in total. The number of ether oxygens (including phenoxy) is 2. The fourth-order valence-corrected chi connectivity index (χ4v) is 2.05. The predicted octanol–water partition coefficient (Wildman–Crippen LogP) is 1.48. The van der Waals surface area contributed by atoms with Crippen LogP contribution in [-0.4, -0.2) is 32.3 Å². The number of hydrogen-bond acceptors (Lipinski definition) is 3. The van der Waals surface area contributed by atoms with E-state index < -0.39 is 0 Å². The van der Waals surface area contributed by atoms with Crippen LogP contribution in [0.2, 0.25) is 0 Å². The lowest BCUT2D eigenvalue weighted by atomic mass is 10.0. The van der Waals surface area contributed by atoms with Gasteiger partial charge in [0.05, 0.1) is 13.2 Å². The molecule has 0 unspecified atom stereocenters. The van der Waals surface area contributed by atoms with E-state index in [1.165, 1.54) is 0 Å². The molecule has 5 heteroatoms. The molecule has 0 bridgehead atoms. The van der Waals surface area contributed by atoms with Gasteiger partial charge in [-0.15, -0.1) is 6.58 Å². The van der Waals surface area contributed by atoms with Gasteiger partial charge in [0.25, 0.3) is 0 Å². The second-order valence-electron chi connectivity index (χ2n) is 4.30. The molecule has 2 amide bonds. The van der Waals surface area contributed by atoms with Crippen LogP contribution in [-0.2, 0) is 6.42 Å². The number of carbonyl (C=O) groups is 1. The molecule has 1 aromatic carbocycles. The van der Waals surface area contributed by atoms with Crippen LogP contribution in [0.5, 0.6) is 11.5 Å². The Bertz CT molecular complexity index is 474. The Morgan fingerprint density at radius 1 is 1.63 bits per heavy atom. The maximum atomic E-state index is 11.6. The van der Waals surface area contributed by atoms with E-state index >= 15 is 0 Å². The Labute approximate surface area is 112 Å². The molecule has 1 aliphatic rings. The van der Waals surface area contributed by atoms with Crippen molar-refractivity contribution in [1.29, 1.82) is 0 Å². The van der Waals surface area contributed by atoms with Gasteiger partial charge in [-0.05, 0) is 12.5 Å². The number of fused-ring (bicyclic) bond motifs is 1. The first-order valence-electron chi connectivity index (χ1n) is 6.18. The monoisotopic (exact) mass is 262 g/mol. The number of amides is 2. The van der Waals surface area contributed by atoms with Gasteiger partial charge in [-0.2, -0.15) is 0 Å². The summed E-state index contributed by atoms with van der Waals surface area (Å²) in [4.78, 5) is 11.6. The third-order valence-electron chi connectivity index (χ3n) is 2.92. The van der Waals surface area contributed by atoms with Crippen molar-refractivity contribution in [1.82, 2.24) is 10.6 Å². The summed E-state index contributed by atoms with van der Waals surface area (Å²) in [7, 11) is 1.62. The minimum atomic E-state index is -0.208. The molecule has 0 saturated carbocycles. The van der Waals surface area contributed by atoms with Gasteiger partial charge in [-0.3, -0.25) is 0 Å². The number of hydrogen-bond donors (Lipinski definition) is 2. The van der Waals surface area contributed by atoms with E-state index in [0.717, 1.165) is 23.5 Å². The maximum absolute atomic E-state index is 11.6. The summed E-state index contributed by atoms with van der Waals surface area (Å²) in [6.45, 7) is 4.43. The molecule has 0 spiro atoms. The summed E-state index contributed by atoms with van der Waals surface area (Å²) in [6, 6.07) is 5.52. The van der Waals surface area contributed by atoms with E-state index in [4.69, 9.17) is 9.47 Å². The highest BCUT2D eigenvalue weighted by Crippen LogP contribution is 2.34. The number of benzene rings is 1. The number of methoxy groups -OCH3 is 1. The summed E-state index contributed by atoms with van der Waals surface area (Å²) >= 11 is 0. The van der Waals surface area contributed by atoms with Crippen molar-refractivity contribution in [2.45, 2.75) is 12.5 Å². The summed E-state index contributed by atoms with van der Waals surface area (Å²) in [6.07, 6.45) is 2.37. The predicted molar refractivity (Wildman–Crippen MR) is 72.7 cm³/mol. The minimum absolute atomic E-state index is 0.0376. The molecule has 1 aliphatic heterocycles. The van der Waals surface area contributed by atoms with Gasteiger partial charge in [0, 0.05) is 12.1 Å². The molecular formula is C14H18N2O3. The number of nitrogens with one attached hydrogen (secondary N) is 2. The van der Waals surface area contributed by atoms with Crippen LogP contribution in [0.1, 0.15) is 5.56 Å². The first kappa shape index (κ1) is 13.3. The van der Waals surface area contributed by atoms with Crippen LogP contribution < -0.4 is 20.1 Å². The van der Waals surface area contributed by atoms with Crippen LogP contribution in [0.4, 0.5) is 4.79 Å². The molecule has 0 fully saturated rings. The van der Waals surface area contributed by atoms with E-state index in [9.17, 15) is 4.79 Å². The maximum Gasteiger partial charge on any atom is 0.315 e. The second kappa shape index (κ2) is 6.13. The van der Waals surface area contributed by atoms with E-state index in [2.05, 4.69) is 17.2 Å². The van der Waals surface area contributed by atoms with E-state index in [1.54, 1.807) is 13.2 Å². The van der Waals surface area contributed by atoms with Crippen molar-refractivity contribution in [2.24, 2.45) is 0 Å². The van der Waals surface area contributed by atoms with Gasteiger partial charge in [-0.1, -0.05) is 18.2 Å². The normalized spacial score (nSPS) is 16.8. The van der Waals surface area contributed by atoms with Crippen LogP contribution in [0.3, 0.4) is 0 Å². The van der Waals surface area contributed by atoms with Crippen molar-refractivity contribution in [3.63, 3.8) is 0 Å². The third kappa shape index (κ3) is 3.19. The highest BCUT2D eigenvalue weighted by Gasteiger charge is 2.23. The van der Waals surface area contributed by atoms with Gasteiger partial charge in [0.15, 0.2) is 11.5 Å². The fourth-order valence-electron chi connectivity index (χ4n) is 2.05. The SMILES string of the molecule is C=CCNC(=O)N[C@H]1COc2c(cccc2OC)C1. The molecule has 19 heavy (non-hydrogen) atoms. The highest BCUT2D eigenvalue weighted by molar-refractivity contribution is 5.74. The average molecular weight is 262 g/mol. The topological polar surface area (TPSA) is 59.6 Å². The summed E-state index contributed by atoms with van der Waals surface area (Å²) in [5.41, 5.74) is 1.04. The number of carbonyl (C=O) groups excluding carboxylic acids is 1. The van der Waals surface area contributed by atoms with Crippen molar-refractivity contribution in [2.75, 3.05) is 20.3 Å². The average Bonchev–Trinajstić information content (AvgIpc) is 2.44. The molecule has 0 aliphatic carbocycles. The number of urea groups is 1. The summed E-state index contributed by atoms with van der Waals surface area (Å²) < 4.78 is 10.9. The standard InChI is InChI=1S/C14H18N2O3/c1-3-7-15-14(17)16-11-8-10-5-4-6-12(18-2)13(10)19-9-11/h3-6,11H,1,7-9H2,2H3,(H2,15,16,17)/t11-/m1/s1. The van der Waals surface area contributed by atoms with Crippen molar-refractivity contribution >= 4 is 6.03 Å². The van der Waals surface area contributed by atoms with Gasteiger partial charge in [-0.25, -0.2) is 4.79 Å². The summed E-state index contributed by atoms with van der Waals surface area (Å²) in [5, 5.41) is 5.55. The third-order valence-corrected chi connectivity index (χ3v) is 2.92. The molecule has 1 atom stereocenters. The van der Waals surface area contributed by atoms with E-state index in [1.807, 2.05) is 18.2 Å². The van der Waals surface area contributed by atoms with Crippen LogP contribution >= 0.6 is 0 Å². The van der Waals surface area contributed by atoms with Gasteiger partial charge in [0.2, 0.25) is 0 Å². The molecular weight excluding hydrogens is 244 g/mol. The second-order valence-corrected chi connectivity index (χ2v) is 4.30. The number of rotatable bonds is 4. The minimum Gasteiger partial charge on any atom is -0.493 e. The zero-order valence-electron chi connectivity index (χ0n) is 10.9. The molecule has 1 heterocycles. The molecule has 102 valence electrons. The highest BCUT2D eigenvalue weighted by atomic mass is 16.5. The Hall–Kier alpha value is -2.17. The number of para-hydroxylation sites is 1. The van der Waals surface area contributed by atoms with E-state index in [0.29, 0.717) is 13.2 Å². The largest absolute Gasteiger partial charge is 0.493 e. The fraction of sp³-hybridized carbons (Fsp3) is 0.357. The Morgan fingerprint density at radius 2 is 2.47 bits per heavy atom. The Balaban J connectivity index is 1.98. The zero-order valence-corrected chi connectivity index (χ0v) is 10.9. The molecule has 0 saturated heterocycles. The zero-order chi connectivity index (χ0) is 13.7.